The van der Waals surface area contributed by atoms with Crippen LogP contribution in [0.15, 0.2) is 97.6 Å². The van der Waals surface area contributed by atoms with Gasteiger partial charge in [-0.15, -0.1) is 20.4 Å². The number of aryl methyl sites for hydroxylation is 2. The molecule has 0 spiro atoms. The van der Waals surface area contributed by atoms with Gasteiger partial charge in [0.2, 0.25) is 0 Å². The van der Waals surface area contributed by atoms with Gasteiger partial charge in [0.1, 0.15) is 42.4 Å². The van der Waals surface area contributed by atoms with Crippen molar-refractivity contribution in [1.82, 2.24) is 29.5 Å². The van der Waals surface area contributed by atoms with Gasteiger partial charge in [0.25, 0.3) is 0 Å². The summed E-state index contributed by atoms with van der Waals surface area (Å²) < 4.78 is 14.6. The molecule has 0 radical (unpaired) electrons. The summed E-state index contributed by atoms with van der Waals surface area (Å²) in [5, 5.41) is 35.6. The minimum Gasteiger partial charge on any atom is -0.508 e. The smallest absolute Gasteiger partial charge is 0.306 e. The maximum absolute atomic E-state index is 11.8. The van der Waals surface area contributed by atoms with E-state index in [0.29, 0.717) is 35.7 Å². The van der Waals surface area contributed by atoms with Crippen LogP contribution in [0.2, 0.25) is 0 Å². The van der Waals surface area contributed by atoms with Crippen molar-refractivity contribution in [3.8, 4) is 11.5 Å². The van der Waals surface area contributed by atoms with Crippen LogP contribution in [0.25, 0.3) is 0 Å². The Bertz CT molecular complexity index is 2680. The third-order valence-corrected chi connectivity index (χ3v) is 14.8. The van der Waals surface area contributed by atoms with Crippen molar-refractivity contribution < 1.29 is 29.3 Å². The molecule has 0 saturated heterocycles. The number of hydrogen-bond donors (Lipinski definition) is 2. The molecule has 0 aliphatic heterocycles. The second kappa shape index (κ2) is 21.9. The molecule has 2 aliphatic rings. The number of nitrogens with zero attached hydrogens (tertiary/aromatic N) is 6. The molecule has 69 heavy (non-hydrogen) atoms. The molecular formula is C56H71BrN6O6. The molecule has 0 saturated carbocycles. The van der Waals surface area contributed by atoms with E-state index in [1.54, 1.807) is 64.1 Å². The van der Waals surface area contributed by atoms with Crippen molar-refractivity contribution in [2.24, 2.45) is 14.1 Å². The molecule has 13 heteroatoms. The number of aromatic nitrogens is 6. The van der Waals surface area contributed by atoms with E-state index in [9.17, 15) is 19.8 Å². The predicted molar refractivity (Wildman–Crippen MR) is 274 cm³/mol. The van der Waals surface area contributed by atoms with Gasteiger partial charge in [-0.25, -0.2) is 0 Å². The van der Waals surface area contributed by atoms with E-state index in [4.69, 9.17) is 9.47 Å². The number of phenolic OH excluding ortho intramolecular Hbond substituents is 1. The summed E-state index contributed by atoms with van der Waals surface area (Å²) in [5.41, 5.74) is 11.3. The maximum Gasteiger partial charge on any atom is 0.306 e. The molecular weight excluding hydrogens is 933 g/mol. The first-order valence-electron chi connectivity index (χ1n) is 24.0. The molecule has 2 atom stereocenters. The van der Waals surface area contributed by atoms with E-state index >= 15 is 0 Å². The number of alkyl halides is 1. The molecule has 0 amide bonds. The molecule has 2 heterocycles. The number of phenols is 1. The van der Waals surface area contributed by atoms with Crippen molar-refractivity contribution in [3.05, 3.63) is 154 Å². The standard InChI is InChI=1S/C27H33N3O3.C15H21Br.C14H17N3O3/c1-26(2)12-13-27(3,4)23-14-18(6-11-22(23)26)16-33-20-9-7-19(8-10-20)21(15-24(31)32)25-29-28-17-30(25)5;1-14(2)7-8-15(3,4)13-9-11(10-16)5-6-12(13)14;1-3-20-13(19)8-12(14-16-15-9-17(14)2)10-4-6-11(18)7-5-10/h6-11,14,17,21H,12-13,15-16H2,1-5H3,(H,31,32);5-6,9H,7-8,10H2,1-4H3;4-7,9,12,18H,3,8H2,1-2H3. The Hall–Kier alpha value is -5.82. The highest BCUT2D eigenvalue weighted by Crippen LogP contribution is 2.47. The van der Waals surface area contributed by atoms with Gasteiger partial charge >= 0.3 is 11.9 Å². The van der Waals surface area contributed by atoms with Crippen LogP contribution in [0.4, 0.5) is 0 Å². The van der Waals surface area contributed by atoms with Crippen molar-refractivity contribution >= 4 is 27.9 Å². The number of fused-ring (bicyclic) bond motifs is 2. The third kappa shape index (κ3) is 12.9. The molecule has 0 bridgehead atoms. The Kier molecular flexibility index (Phi) is 16.6. The minimum atomic E-state index is -0.873. The van der Waals surface area contributed by atoms with Crippen LogP contribution in [0, 0.1) is 0 Å². The lowest BCUT2D eigenvalue weighted by Crippen LogP contribution is -2.33. The quantitative estimate of drug-likeness (QED) is 0.0844. The topological polar surface area (TPSA) is 154 Å². The summed E-state index contributed by atoms with van der Waals surface area (Å²) in [5.74, 6) is 0.479. The largest absolute Gasteiger partial charge is 0.508 e. The molecule has 2 aromatic heterocycles. The zero-order valence-electron chi connectivity index (χ0n) is 42.3. The fourth-order valence-corrected chi connectivity index (χ4v) is 9.96. The molecule has 6 aromatic rings. The first kappa shape index (κ1) is 52.5. The lowest BCUT2D eigenvalue weighted by Gasteiger charge is -2.42. The van der Waals surface area contributed by atoms with Gasteiger partial charge in [-0.1, -0.05) is 132 Å². The van der Waals surface area contributed by atoms with Gasteiger partial charge in [-0.2, -0.15) is 0 Å². The number of benzene rings is 4. The molecule has 2 aliphatic carbocycles. The van der Waals surface area contributed by atoms with Crippen molar-refractivity contribution in [2.75, 3.05) is 6.61 Å². The Morgan fingerprint density at radius 1 is 0.638 bits per heavy atom. The average molecular weight is 1000 g/mol. The Morgan fingerprint density at radius 2 is 1.07 bits per heavy atom. The van der Waals surface area contributed by atoms with Gasteiger partial charge in [-0.3, -0.25) is 9.59 Å². The summed E-state index contributed by atoms with van der Waals surface area (Å²) in [6.45, 7) is 21.4. The number of esters is 1. The zero-order chi connectivity index (χ0) is 50.3. The Balaban J connectivity index is 0.000000185. The molecule has 8 rings (SSSR count). The Labute approximate surface area is 417 Å². The molecule has 12 nitrogen and oxygen atoms in total. The number of hydrogen-bond acceptors (Lipinski definition) is 9. The second-order valence-corrected chi connectivity index (χ2v) is 21.8. The monoisotopic (exact) mass is 1000 g/mol. The average Bonchev–Trinajstić information content (AvgIpc) is 3.95. The summed E-state index contributed by atoms with van der Waals surface area (Å²) in [7, 11) is 3.65. The number of halogens is 1. The van der Waals surface area contributed by atoms with Gasteiger partial charge < -0.3 is 28.8 Å². The van der Waals surface area contributed by atoms with Crippen molar-refractivity contribution in [3.63, 3.8) is 0 Å². The summed E-state index contributed by atoms with van der Waals surface area (Å²) in [4.78, 5) is 23.2. The number of carbonyl (C=O) groups excluding carboxylic acids is 1. The minimum absolute atomic E-state index is 0.0476. The number of aromatic hydroxyl groups is 1. The van der Waals surface area contributed by atoms with Gasteiger partial charge in [0.15, 0.2) is 0 Å². The molecule has 4 aromatic carbocycles. The highest BCUT2D eigenvalue weighted by molar-refractivity contribution is 9.08. The van der Waals surface area contributed by atoms with Crippen LogP contribution in [-0.4, -0.2) is 58.3 Å². The van der Waals surface area contributed by atoms with Crippen LogP contribution < -0.4 is 4.74 Å². The molecule has 0 fully saturated rings. The highest BCUT2D eigenvalue weighted by atomic mass is 79.9. The van der Waals surface area contributed by atoms with Gasteiger partial charge in [0.05, 0.1) is 31.3 Å². The fraction of sp³-hybridized carbons (Fsp3) is 0.464. The summed E-state index contributed by atoms with van der Waals surface area (Å²) >= 11 is 3.55. The van der Waals surface area contributed by atoms with Gasteiger partial charge in [0, 0.05) is 19.4 Å². The number of carboxylic acid groups (broad SMARTS) is 1. The van der Waals surface area contributed by atoms with E-state index in [0.717, 1.165) is 27.8 Å². The van der Waals surface area contributed by atoms with Crippen LogP contribution in [0.5, 0.6) is 11.5 Å². The van der Waals surface area contributed by atoms with Crippen molar-refractivity contribution in [1.29, 1.82) is 0 Å². The lowest BCUT2D eigenvalue weighted by molar-refractivity contribution is -0.143. The van der Waals surface area contributed by atoms with E-state index in [1.165, 1.54) is 42.4 Å². The maximum atomic E-state index is 11.8. The number of aliphatic carboxylic acids is 1. The fourth-order valence-electron chi connectivity index (χ4n) is 9.61. The van der Waals surface area contributed by atoms with E-state index in [1.807, 2.05) is 38.4 Å². The zero-order valence-corrected chi connectivity index (χ0v) is 43.9. The van der Waals surface area contributed by atoms with E-state index in [2.05, 4.69) is 128 Å². The first-order chi connectivity index (χ1) is 32.5. The summed E-state index contributed by atoms with van der Waals surface area (Å²) in [6.07, 6.45) is 8.28. The van der Waals surface area contributed by atoms with Crippen LogP contribution in [-0.2, 0) is 62.0 Å². The van der Waals surface area contributed by atoms with Gasteiger partial charge in [-0.05, 0) is 123 Å². The van der Waals surface area contributed by atoms with Crippen LogP contribution in [0.1, 0.15) is 169 Å². The number of carbonyl (C=O) groups is 2. The molecule has 368 valence electrons. The Morgan fingerprint density at radius 3 is 1.51 bits per heavy atom. The van der Waals surface area contributed by atoms with E-state index < -0.39 is 5.97 Å². The first-order valence-corrected chi connectivity index (χ1v) is 25.1. The lowest BCUT2D eigenvalue weighted by atomic mass is 9.63. The molecule has 2 unspecified atom stereocenters. The van der Waals surface area contributed by atoms with Crippen LogP contribution >= 0.6 is 15.9 Å². The third-order valence-electron chi connectivity index (χ3n) is 14.1. The molecule has 2 N–H and O–H groups in total. The van der Waals surface area contributed by atoms with E-state index in [-0.39, 0.29) is 47.2 Å². The number of rotatable bonds is 13. The van der Waals surface area contributed by atoms with Crippen LogP contribution in [0.3, 0.4) is 0 Å². The second-order valence-electron chi connectivity index (χ2n) is 21.2. The SMILES string of the molecule is CC1(C)CCC(C)(C)c2cc(CBr)ccc21.CCOC(=O)CC(c1ccc(O)cc1)c1nncn1C.Cn1cnnc1C(CC(=O)O)c1ccc(OCc2ccc3c(c2)C(C)(C)CCC3(C)C)cc1. The number of carboxylic acids is 1. The highest BCUT2D eigenvalue weighted by Gasteiger charge is 2.38. The summed E-state index contributed by atoms with van der Waals surface area (Å²) in [6, 6.07) is 28.1. The number of ether oxygens (including phenoxy) is 2. The normalized spacial score (nSPS) is 16.8. The van der Waals surface area contributed by atoms with Crippen molar-refractivity contribution in [2.45, 2.75) is 146 Å². The predicted octanol–water partition coefficient (Wildman–Crippen LogP) is 11.9.